The van der Waals surface area contributed by atoms with Crippen molar-refractivity contribution in [2.24, 2.45) is 5.10 Å². The fourth-order valence-corrected chi connectivity index (χ4v) is 4.40. The van der Waals surface area contributed by atoms with Crippen LogP contribution in [0.4, 0.5) is 5.69 Å². The fraction of sp³-hybridized carbons (Fsp3) is 0.304. The number of benzene rings is 2. The molecule has 4 rings (SSSR count). The zero-order valence-electron chi connectivity index (χ0n) is 17.0. The van der Waals surface area contributed by atoms with Crippen molar-refractivity contribution >= 4 is 44.7 Å². The van der Waals surface area contributed by atoms with E-state index in [2.05, 4.69) is 71.3 Å². The Morgan fingerprint density at radius 1 is 1.28 bits per heavy atom. The first-order valence-corrected chi connectivity index (χ1v) is 10.4. The number of carbonyl (C=O) groups excluding carboxylic acids is 1. The van der Waals surface area contributed by atoms with Gasteiger partial charge in [-0.05, 0) is 73.7 Å². The molecule has 0 fully saturated rings. The second-order valence-electron chi connectivity index (χ2n) is 8.29. The largest absolute Gasteiger partial charge is 0.451 e. The van der Waals surface area contributed by atoms with E-state index in [-0.39, 0.29) is 17.2 Å². The molecule has 1 aromatic heterocycles. The second kappa shape index (κ2) is 7.34. The minimum atomic E-state index is -0.374. The number of rotatable bonds is 3. The van der Waals surface area contributed by atoms with Gasteiger partial charge in [0.05, 0.1) is 6.21 Å². The Labute approximate surface area is 178 Å². The van der Waals surface area contributed by atoms with Crippen LogP contribution in [0.15, 0.2) is 56.5 Å². The molecule has 1 amide bonds. The fourth-order valence-electron chi connectivity index (χ4n) is 4.02. The maximum Gasteiger partial charge on any atom is 0.307 e. The lowest BCUT2D eigenvalue weighted by Crippen LogP contribution is -2.45. The summed E-state index contributed by atoms with van der Waals surface area (Å²) in [6, 6.07) is 13.6. The monoisotopic (exact) mass is 453 g/mol. The highest BCUT2D eigenvalue weighted by atomic mass is 79.9. The number of fused-ring (bicyclic) bond motifs is 2. The highest BCUT2D eigenvalue weighted by Crippen LogP contribution is 2.42. The molecule has 0 spiro atoms. The minimum Gasteiger partial charge on any atom is -0.451 e. The predicted octanol–water partition coefficient (Wildman–Crippen LogP) is 5.68. The van der Waals surface area contributed by atoms with Crippen LogP contribution in [0.25, 0.3) is 11.0 Å². The van der Waals surface area contributed by atoms with Gasteiger partial charge in [0.15, 0.2) is 5.76 Å². The van der Waals surface area contributed by atoms with Crippen molar-refractivity contribution in [1.82, 2.24) is 5.43 Å². The number of hydrazone groups is 1. The molecule has 0 aliphatic carbocycles. The van der Waals surface area contributed by atoms with Crippen molar-refractivity contribution in [3.05, 3.63) is 63.8 Å². The molecule has 5 nitrogen and oxygen atoms in total. The Morgan fingerprint density at radius 2 is 2.07 bits per heavy atom. The molecule has 1 aliphatic heterocycles. The zero-order valence-corrected chi connectivity index (χ0v) is 18.6. The molecular formula is C23H24BrN3O2. The van der Waals surface area contributed by atoms with Crippen LogP contribution in [-0.4, -0.2) is 24.7 Å². The van der Waals surface area contributed by atoms with Crippen molar-refractivity contribution in [1.29, 1.82) is 0 Å². The summed E-state index contributed by atoms with van der Waals surface area (Å²) in [6.07, 6.45) is 2.76. The molecule has 1 atom stereocenters. The van der Waals surface area contributed by atoms with E-state index in [0.717, 1.165) is 21.8 Å². The van der Waals surface area contributed by atoms with Crippen molar-refractivity contribution in [2.75, 3.05) is 11.9 Å². The zero-order chi connectivity index (χ0) is 20.8. The number of hydrogen-bond donors (Lipinski definition) is 1. The Balaban J connectivity index is 1.49. The topological polar surface area (TPSA) is 57.8 Å². The third-order valence-corrected chi connectivity index (χ3v) is 6.23. The van der Waals surface area contributed by atoms with Gasteiger partial charge in [0.1, 0.15) is 5.58 Å². The van der Waals surface area contributed by atoms with Crippen LogP contribution in [0.1, 0.15) is 54.8 Å². The van der Waals surface area contributed by atoms with Crippen LogP contribution in [0, 0.1) is 0 Å². The van der Waals surface area contributed by atoms with Gasteiger partial charge in [-0.2, -0.15) is 5.10 Å². The molecule has 0 radical (unpaired) electrons. The van der Waals surface area contributed by atoms with Crippen LogP contribution in [0.2, 0.25) is 0 Å². The molecule has 6 heteroatoms. The number of amides is 1. The van der Waals surface area contributed by atoms with Gasteiger partial charge in [-0.3, -0.25) is 4.79 Å². The molecule has 2 heterocycles. The predicted molar refractivity (Wildman–Crippen MR) is 121 cm³/mol. The first-order valence-electron chi connectivity index (χ1n) is 9.65. The van der Waals surface area contributed by atoms with Gasteiger partial charge in [0.2, 0.25) is 0 Å². The van der Waals surface area contributed by atoms with Crippen LogP contribution >= 0.6 is 15.9 Å². The lowest BCUT2D eigenvalue weighted by molar-refractivity contribution is 0.0929. The summed E-state index contributed by atoms with van der Waals surface area (Å²) in [7, 11) is 2.14. The molecule has 1 N–H and O–H groups in total. The van der Waals surface area contributed by atoms with Crippen LogP contribution in [0.5, 0.6) is 0 Å². The van der Waals surface area contributed by atoms with Crippen molar-refractivity contribution in [2.45, 2.75) is 38.6 Å². The van der Waals surface area contributed by atoms with E-state index in [1.165, 1.54) is 11.3 Å². The molecule has 0 unspecified atom stereocenters. The maximum absolute atomic E-state index is 12.4. The van der Waals surface area contributed by atoms with Gasteiger partial charge in [-0.1, -0.05) is 28.9 Å². The number of hydrogen-bond acceptors (Lipinski definition) is 4. The summed E-state index contributed by atoms with van der Waals surface area (Å²) >= 11 is 3.42. The minimum absolute atomic E-state index is 0.137. The molecule has 2 aromatic carbocycles. The highest BCUT2D eigenvalue weighted by Gasteiger charge is 2.33. The Kier molecular flexibility index (Phi) is 4.99. The lowest BCUT2D eigenvalue weighted by atomic mass is 9.80. The van der Waals surface area contributed by atoms with Gasteiger partial charge in [0.25, 0.3) is 0 Å². The normalized spacial score (nSPS) is 18.2. The van der Waals surface area contributed by atoms with Gasteiger partial charge >= 0.3 is 5.91 Å². The number of anilines is 1. The third kappa shape index (κ3) is 3.81. The van der Waals surface area contributed by atoms with E-state index < -0.39 is 0 Å². The molecule has 1 aliphatic rings. The number of nitrogens with one attached hydrogen (secondary N) is 1. The first-order chi connectivity index (χ1) is 13.7. The number of nitrogens with zero attached hydrogens (tertiary/aromatic N) is 2. The van der Waals surface area contributed by atoms with E-state index in [4.69, 9.17) is 4.42 Å². The van der Waals surface area contributed by atoms with Crippen LogP contribution in [0.3, 0.4) is 0 Å². The van der Waals surface area contributed by atoms with Crippen LogP contribution < -0.4 is 10.3 Å². The second-order valence-corrected chi connectivity index (χ2v) is 9.20. The molecule has 150 valence electrons. The highest BCUT2D eigenvalue weighted by molar-refractivity contribution is 9.10. The summed E-state index contributed by atoms with van der Waals surface area (Å²) in [5.74, 6) is 0.327. The average Bonchev–Trinajstić information content (AvgIpc) is 3.09. The number of halogens is 1. The van der Waals surface area contributed by atoms with Crippen molar-refractivity contribution in [3.63, 3.8) is 0 Å². The Hall–Kier alpha value is -2.60. The molecule has 29 heavy (non-hydrogen) atoms. The lowest BCUT2D eigenvalue weighted by Gasteiger charge is -2.45. The molecule has 3 aromatic rings. The Morgan fingerprint density at radius 3 is 2.86 bits per heavy atom. The summed E-state index contributed by atoms with van der Waals surface area (Å²) in [6.45, 7) is 6.80. The SMILES string of the molecule is C[C@@H]1CC(C)(C)N(C)c2ccc(/C=N/NC(=O)c3cc4cc(Br)ccc4o3)cc21. The molecular weight excluding hydrogens is 430 g/mol. The standard InChI is InChI=1S/C23H24BrN3O2/c1-14-12-23(2,3)27(4)19-7-5-15(9-18(14)19)13-25-26-22(28)21-11-16-10-17(24)6-8-20(16)29-21/h5-11,13-14H,12H2,1-4H3,(H,26,28)/b25-13+/t14-/m1/s1. The van der Waals surface area contributed by atoms with E-state index in [1.54, 1.807) is 12.3 Å². The van der Waals surface area contributed by atoms with Gasteiger partial charge in [0, 0.05) is 28.1 Å². The quantitative estimate of drug-likeness (QED) is 0.409. The van der Waals surface area contributed by atoms with Crippen LogP contribution in [-0.2, 0) is 0 Å². The van der Waals surface area contributed by atoms with Crippen molar-refractivity contribution < 1.29 is 9.21 Å². The maximum atomic E-state index is 12.4. The summed E-state index contributed by atoms with van der Waals surface area (Å²) in [4.78, 5) is 14.7. The van der Waals surface area contributed by atoms with E-state index in [1.807, 2.05) is 24.3 Å². The van der Waals surface area contributed by atoms with Gasteiger partial charge in [-0.15, -0.1) is 0 Å². The van der Waals surface area contributed by atoms with E-state index in [0.29, 0.717) is 11.5 Å². The summed E-state index contributed by atoms with van der Waals surface area (Å²) in [5, 5.41) is 4.98. The van der Waals surface area contributed by atoms with E-state index >= 15 is 0 Å². The number of carbonyl (C=O) groups is 1. The summed E-state index contributed by atoms with van der Waals surface area (Å²) in [5.41, 5.74) is 6.87. The molecule has 0 saturated carbocycles. The van der Waals surface area contributed by atoms with E-state index in [9.17, 15) is 4.79 Å². The summed E-state index contributed by atoms with van der Waals surface area (Å²) < 4.78 is 6.53. The average molecular weight is 454 g/mol. The van der Waals surface area contributed by atoms with Crippen molar-refractivity contribution in [3.8, 4) is 0 Å². The number of furan rings is 1. The smallest absolute Gasteiger partial charge is 0.307 e. The third-order valence-electron chi connectivity index (χ3n) is 5.74. The van der Waals surface area contributed by atoms with Gasteiger partial charge < -0.3 is 9.32 Å². The molecule has 0 bridgehead atoms. The Bertz CT molecular complexity index is 1120. The van der Waals surface area contributed by atoms with Gasteiger partial charge in [-0.25, -0.2) is 5.43 Å². The first kappa shape index (κ1) is 19.7. The molecule has 0 saturated heterocycles.